The molecule has 1 nitrogen and oxygen atoms in total. The maximum atomic E-state index is 2.76. The molecule has 0 unspecified atom stereocenters. The fraction of sp³-hybridized carbons (Fsp3) is 0.789. The molecule has 0 aromatic carbocycles. The monoisotopic (exact) mass is 307 g/mol. The molecule has 1 aliphatic carbocycles. The number of hydrogen-bond acceptors (Lipinski definition) is 1. The Morgan fingerprint density at radius 3 is 2.24 bits per heavy atom. The topological polar surface area (TPSA) is 3.24 Å². The lowest BCUT2D eigenvalue weighted by molar-refractivity contribution is 0.296. The predicted molar refractivity (Wildman–Crippen MR) is 99.2 cm³/mol. The number of hydrogen-bond donors (Lipinski definition) is 0. The van der Waals surface area contributed by atoms with Gasteiger partial charge in [0.2, 0.25) is 0 Å². The molecule has 0 aromatic rings. The second-order valence-corrected chi connectivity index (χ2v) is 10.4. The standard InChI is InChI=1S/C19H37NSi/c1-7-8-9-10-11-12-14-17-15-13-16-18(17)20(21(5)6)19(2,3)4/h13,15,21H,7-12,14,16H2,1-6H3. The van der Waals surface area contributed by atoms with Crippen molar-refractivity contribution < 1.29 is 0 Å². The summed E-state index contributed by atoms with van der Waals surface area (Å²) in [5.41, 5.74) is 3.54. The summed E-state index contributed by atoms with van der Waals surface area (Å²) in [6.45, 7) is 14.3. The Labute approximate surface area is 135 Å². The molecule has 1 rings (SSSR count). The van der Waals surface area contributed by atoms with Gasteiger partial charge in [0, 0.05) is 17.7 Å². The van der Waals surface area contributed by atoms with E-state index in [1.807, 2.05) is 0 Å². The van der Waals surface area contributed by atoms with E-state index in [1.54, 1.807) is 11.3 Å². The summed E-state index contributed by atoms with van der Waals surface area (Å²) in [4.78, 5) is 0. The van der Waals surface area contributed by atoms with Crippen molar-refractivity contribution in [3.63, 3.8) is 0 Å². The minimum atomic E-state index is -0.823. The maximum absolute atomic E-state index is 2.76. The second-order valence-electron chi connectivity index (χ2n) is 7.73. The van der Waals surface area contributed by atoms with Gasteiger partial charge in [0.1, 0.15) is 8.96 Å². The highest BCUT2D eigenvalue weighted by atomic mass is 28.3. The number of unbranched alkanes of at least 4 members (excludes halogenated alkanes) is 5. The van der Waals surface area contributed by atoms with Crippen LogP contribution in [0.2, 0.25) is 13.1 Å². The third-order valence-corrected chi connectivity index (χ3v) is 6.45. The molecule has 0 aliphatic heterocycles. The Morgan fingerprint density at radius 2 is 1.67 bits per heavy atom. The average molecular weight is 308 g/mol. The van der Waals surface area contributed by atoms with E-state index in [2.05, 4.69) is 57.5 Å². The molecule has 21 heavy (non-hydrogen) atoms. The van der Waals surface area contributed by atoms with Crippen molar-refractivity contribution in [1.29, 1.82) is 0 Å². The van der Waals surface area contributed by atoms with E-state index in [0.717, 1.165) is 6.42 Å². The van der Waals surface area contributed by atoms with Crippen LogP contribution in [0.15, 0.2) is 23.4 Å². The molecule has 0 saturated heterocycles. The Balaban J connectivity index is 2.58. The van der Waals surface area contributed by atoms with E-state index >= 15 is 0 Å². The molecule has 0 N–H and O–H groups in total. The first kappa shape index (κ1) is 18.5. The Hall–Kier alpha value is -0.503. The molecule has 0 heterocycles. The normalized spacial score (nSPS) is 15.4. The van der Waals surface area contributed by atoms with Gasteiger partial charge in [-0.15, -0.1) is 0 Å². The molecule has 0 amide bonds. The summed E-state index contributed by atoms with van der Waals surface area (Å²) < 4.78 is 2.76. The number of rotatable bonds is 9. The third kappa shape index (κ3) is 6.02. The highest BCUT2D eigenvalue weighted by Gasteiger charge is 2.28. The van der Waals surface area contributed by atoms with Crippen LogP contribution in [-0.4, -0.2) is 19.1 Å². The van der Waals surface area contributed by atoms with E-state index in [1.165, 1.54) is 44.9 Å². The molecular weight excluding hydrogens is 270 g/mol. The van der Waals surface area contributed by atoms with Crippen LogP contribution in [0.4, 0.5) is 0 Å². The van der Waals surface area contributed by atoms with Crippen LogP contribution < -0.4 is 0 Å². The molecule has 0 aromatic heterocycles. The van der Waals surface area contributed by atoms with Crippen LogP contribution in [0.25, 0.3) is 0 Å². The van der Waals surface area contributed by atoms with Crippen molar-refractivity contribution in [1.82, 2.24) is 4.57 Å². The lowest BCUT2D eigenvalue weighted by Crippen LogP contribution is -2.47. The van der Waals surface area contributed by atoms with Gasteiger partial charge < -0.3 is 4.57 Å². The van der Waals surface area contributed by atoms with Crippen molar-refractivity contribution >= 4 is 8.96 Å². The minimum Gasteiger partial charge on any atom is -0.399 e. The van der Waals surface area contributed by atoms with Crippen molar-refractivity contribution in [2.75, 3.05) is 0 Å². The van der Waals surface area contributed by atoms with Gasteiger partial charge in [-0.25, -0.2) is 0 Å². The summed E-state index contributed by atoms with van der Waals surface area (Å²) in [5, 5.41) is 0. The minimum absolute atomic E-state index is 0.272. The first-order valence-corrected chi connectivity index (χ1v) is 11.9. The highest BCUT2D eigenvalue weighted by molar-refractivity contribution is 6.53. The molecule has 0 atom stereocenters. The second kappa shape index (κ2) is 8.82. The largest absolute Gasteiger partial charge is 0.399 e. The SMILES string of the molecule is CCCCCCCCC1=C(N([SiH](C)C)C(C)(C)C)CC=C1. The zero-order chi connectivity index (χ0) is 15.9. The van der Waals surface area contributed by atoms with Crippen molar-refractivity contribution in [3.8, 4) is 0 Å². The molecule has 2 heteroatoms. The van der Waals surface area contributed by atoms with Crippen molar-refractivity contribution in [2.45, 2.75) is 97.7 Å². The first-order valence-electron chi connectivity index (χ1n) is 9.05. The molecule has 0 bridgehead atoms. The quantitative estimate of drug-likeness (QED) is 0.371. The van der Waals surface area contributed by atoms with Gasteiger partial charge in [0.05, 0.1) is 0 Å². The molecule has 1 aliphatic rings. The van der Waals surface area contributed by atoms with E-state index in [9.17, 15) is 0 Å². The smallest absolute Gasteiger partial charge is 0.134 e. The lowest BCUT2D eigenvalue weighted by atomic mass is 10.0. The number of allylic oxidation sites excluding steroid dienone is 3. The van der Waals surface area contributed by atoms with Crippen LogP contribution in [-0.2, 0) is 0 Å². The van der Waals surface area contributed by atoms with Gasteiger partial charge in [-0.3, -0.25) is 0 Å². The van der Waals surface area contributed by atoms with Crippen LogP contribution in [0.5, 0.6) is 0 Å². The zero-order valence-corrected chi connectivity index (χ0v) is 16.5. The first-order chi connectivity index (χ1) is 9.88. The predicted octanol–water partition coefficient (Wildman–Crippen LogP) is 6.03. The van der Waals surface area contributed by atoms with Crippen LogP contribution in [0.1, 0.15) is 79.1 Å². The maximum Gasteiger partial charge on any atom is 0.134 e. The number of nitrogens with zero attached hydrogens (tertiary/aromatic N) is 1. The fourth-order valence-electron chi connectivity index (χ4n) is 3.61. The zero-order valence-electron chi connectivity index (χ0n) is 15.3. The summed E-state index contributed by atoms with van der Waals surface area (Å²) in [7, 11) is -0.823. The van der Waals surface area contributed by atoms with E-state index in [4.69, 9.17) is 0 Å². The summed E-state index contributed by atoms with van der Waals surface area (Å²) in [6.07, 6.45) is 15.6. The molecule has 0 saturated carbocycles. The van der Waals surface area contributed by atoms with Gasteiger partial charge in [-0.2, -0.15) is 0 Å². The van der Waals surface area contributed by atoms with E-state index in [0.29, 0.717) is 0 Å². The molecule has 122 valence electrons. The van der Waals surface area contributed by atoms with Crippen molar-refractivity contribution in [2.24, 2.45) is 0 Å². The average Bonchev–Trinajstić information content (AvgIpc) is 2.79. The summed E-state index contributed by atoms with van der Waals surface area (Å²) in [6, 6.07) is 0. The van der Waals surface area contributed by atoms with Crippen LogP contribution in [0, 0.1) is 0 Å². The van der Waals surface area contributed by atoms with Crippen molar-refractivity contribution in [3.05, 3.63) is 23.4 Å². The van der Waals surface area contributed by atoms with E-state index < -0.39 is 8.96 Å². The summed E-state index contributed by atoms with van der Waals surface area (Å²) in [5.74, 6) is 0. The van der Waals surface area contributed by atoms with Gasteiger partial charge in [0.15, 0.2) is 0 Å². The van der Waals surface area contributed by atoms with Crippen LogP contribution in [0.3, 0.4) is 0 Å². The Bertz CT molecular complexity index is 360. The van der Waals surface area contributed by atoms with Gasteiger partial charge in [-0.1, -0.05) is 64.3 Å². The molecule has 0 radical (unpaired) electrons. The summed E-state index contributed by atoms with van der Waals surface area (Å²) >= 11 is 0. The van der Waals surface area contributed by atoms with Gasteiger partial charge >= 0.3 is 0 Å². The van der Waals surface area contributed by atoms with Gasteiger partial charge in [0.25, 0.3) is 0 Å². The molecular formula is C19H37NSi. The van der Waals surface area contributed by atoms with E-state index in [-0.39, 0.29) is 5.54 Å². The lowest BCUT2D eigenvalue weighted by Gasteiger charge is -2.43. The third-order valence-electron chi connectivity index (χ3n) is 4.33. The molecule has 0 spiro atoms. The highest BCUT2D eigenvalue weighted by Crippen LogP contribution is 2.32. The van der Waals surface area contributed by atoms with Gasteiger partial charge in [-0.05, 0) is 39.2 Å². The molecule has 0 fully saturated rings. The fourth-order valence-corrected chi connectivity index (χ4v) is 6.05. The van der Waals surface area contributed by atoms with Crippen LogP contribution >= 0.6 is 0 Å². The Morgan fingerprint density at radius 1 is 1.05 bits per heavy atom. The Kier molecular flexibility index (Phi) is 7.79.